The van der Waals surface area contributed by atoms with Gasteiger partial charge in [0.05, 0.1) is 40.9 Å². The zero-order valence-electron chi connectivity index (χ0n) is 26.5. The number of para-hydroxylation sites is 1. The standard InChI is InChI=1S/C35H35N11O2/c1-23(40-34(47)30-31(37)42-45-16-6-15-38-33(30)45)32-41-28-10-5-7-25(29(28)35(48)46(32)27-8-3-2-4-9-27)12-11-24-21-39-44(22-24)20-19-43-17-13-26(36)14-18-43/h2-10,15-16,21-23,26H,13-14,17-20,36H2,1H3,(H2,37,42)(H,40,47)/t23-/m1/s1. The predicted octanol–water partition coefficient (Wildman–Crippen LogP) is 2.52. The van der Waals surface area contributed by atoms with Gasteiger partial charge < -0.3 is 21.7 Å². The summed E-state index contributed by atoms with van der Waals surface area (Å²) in [6.45, 7) is 5.44. The van der Waals surface area contributed by atoms with E-state index < -0.39 is 11.9 Å². The van der Waals surface area contributed by atoms with Crippen molar-refractivity contribution >= 4 is 28.3 Å². The van der Waals surface area contributed by atoms with E-state index in [1.807, 2.05) is 53.3 Å². The number of benzene rings is 2. The lowest BCUT2D eigenvalue weighted by molar-refractivity contribution is 0.0940. The molecule has 0 saturated carbocycles. The largest absolute Gasteiger partial charge is 0.381 e. The molecule has 1 atom stereocenters. The number of fused-ring (bicyclic) bond motifs is 2. The molecule has 5 N–H and O–H groups in total. The molecule has 5 heterocycles. The fraction of sp³-hybridized carbons (Fsp3) is 0.257. The monoisotopic (exact) mass is 641 g/mol. The summed E-state index contributed by atoms with van der Waals surface area (Å²) < 4.78 is 4.86. The van der Waals surface area contributed by atoms with Crippen LogP contribution in [0.15, 0.2) is 84.2 Å². The quantitative estimate of drug-likeness (QED) is 0.222. The van der Waals surface area contributed by atoms with E-state index in [2.05, 4.69) is 37.2 Å². The number of piperidine rings is 1. The summed E-state index contributed by atoms with van der Waals surface area (Å²) in [5.74, 6) is 6.28. The first-order valence-electron chi connectivity index (χ1n) is 15.9. The minimum Gasteiger partial charge on any atom is -0.381 e. The van der Waals surface area contributed by atoms with E-state index in [0.29, 0.717) is 39.7 Å². The highest BCUT2D eigenvalue weighted by atomic mass is 16.2. The highest BCUT2D eigenvalue weighted by Crippen LogP contribution is 2.22. The number of hydrogen-bond acceptors (Lipinski definition) is 9. The van der Waals surface area contributed by atoms with Gasteiger partial charge in [-0.3, -0.25) is 18.8 Å². The third-order valence-corrected chi connectivity index (χ3v) is 8.57. The Morgan fingerprint density at radius 1 is 1.06 bits per heavy atom. The summed E-state index contributed by atoms with van der Waals surface area (Å²) in [6, 6.07) is 15.9. The van der Waals surface area contributed by atoms with Crippen LogP contribution in [0.25, 0.3) is 22.2 Å². The van der Waals surface area contributed by atoms with E-state index in [0.717, 1.165) is 44.6 Å². The second-order valence-corrected chi connectivity index (χ2v) is 11.9. The van der Waals surface area contributed by atoms with Crippen molar-refractivity contribution < 1.29 is 4.79 Å². The molecule has 0 aliphatic carbocycles. The Morgan fingerprint density at radius 2 is 1.88 bits per heavy atom. The van der Waals surface area contributed by atoms with Crippen LogP contribution in [0.5, 0.6) is 0 Å². The Kier molecular flexibility index (Phi) is 8.41. The molecule has 13 heteroatoms. The van der Waals surface area contributed by atoms with Crippen molar-refractivity contribution in [3.63, 3.8) is 0 Å². The molecule has 6 aromatic rings. The topological polar surface area (TPSA) is 167 Å². The van der Waals surface area contributed by atoms with Gasteiger partial charge in [-0.25, -0.2) is 14.5 Å². The van der Waals surface area contributed by atoms with E-state index in [9.17, 15) is 9.59 Å². The van der Waals surface area contributed by atoms with Gasteiger partial charge in [0.25, 0.3) is 11.5 Å². The normalized spacial score (nSPS) is 14.5. The first-order chi connectivity index (χ1) is 23.4. The second-order valence-electron chi connectivity index (χ2n) is 11.9. The minimum absolute atomic E-state index is 0.0475. The Labute approximate surface area is 276 Å². The SMILES string of the molecule is C[C@@H](NC(=O)c1c(N)nn2cccnc12)c1nc2cccc(C#Cc3cnn(CCN4CCC(N)CC4)c3)c2c(=O)n1-c1ccccc1. The number of nitrogens with one attached hydrogen (secondary N) is 1. The lowest BCUT2D eigenvalue weighted by Gasteiger charge is -2.29. The maximum Gasteiger partial charge on any atom is 0.267 e. The number of nitrogen functional groups attached to an aromatic ring is 1. The van der Waals surface area contributed by atoms with Crippen LogP contribution < -0.4 is 22.3 Å². The lowest BCUT2D eigenvalue weighted by atomic mass is 10.1. The average Bonchev–Trinajstić information content (AvgIpc) is 3.70. The number of aromatic nitrogens is 7. The minimum atomic E-state index is -0.699. The average molecular weight is 642 g/mol. The van der Waals surface area contributed by atoms with Gasteiger partial charge in [0.1, 0.15) is 11.4 Å². The molecule has 0 bridgehead atoms. The number of anilines is 1. The van der Waals surface area contributed by atoms with Gasteiger partial charge in [0.2, 0.25) is 0 Å². The van der Waals surface area contributed by atoms with E-state index in [4.69, 9.17) is 16.5 Å². The number of likely N-dealkylation sites (tertiary alicyclic amines) is 1. The van der Waals surface area contributed by atoms with Crippen LogP contribution in [0.2, 0.25) is 0 Å². The summed E-state index contributed by atoms with van der Waals surface area (Å²) in [6.07, 6.45) is 8.92. The van der Waals surface area contributed by atoms with Crippen molar-refractivity contribution in [1.29, 1.82) is 0 Å². The Hall–Kier alpha value is -5.84. The van der Waals surface area contributed by atoms with Crippen molar-refractivity contribution in [3.8, 4) is 17.5 Å². The predicted molar refractivity (Wildman–Crippen MR) is 182 cm³/mol. The number of nitrogens with zero attached hydrogens (tertiary/aromatic N) is 8. The van der Waals surface area contributed by atoms with E-state index in [1.165, 1.54) is 9.08 Å². The van der Waals surface area contributed by atoms with Gasteiger partial charge >= 0.3 is 0 Å². The van der Waals surface area contributed by atoms with Crippen molar-refractivity contribution in [2.75, 3.05) is 25.4 Å². The van der Waals surface area contributed by atoms with Crippen LogP contribution in [0.4, 0.5) is 5.82 Å². The molecular formula is C35H35N11O2. The maximum absolute atomic E-state index is 14.4. The van der Waals surface area contributed by atoms with Crippen LogP contribution >= 0.6 is 0 Å². The van der Waals surface area contributed by atoms with Crippen LogP contribution in [-0.4, -0.2) is 70.4 Å². The van der Waals surface area contributed by atoms with Crippen molar-refractivity contribution in [3.05, 3.63) is 112 Å². The molecule has 48 heavy (non-hydrogen) atoms. The fourth-order valence-corrected chi connectivity index (χ4v) is 6.03. The van der Waals surface area contributed by atoms with Gasteiger partial charge in [-0.15, -0.1) is 5.10 Å². The van der Waals surface area contributed by atoms with E-state index in [-0.39, 0.29) is 16.9 Å². The number of carbonyl (C=O) groups is 1. The third-order valence-electron chi connectivity index (χ3n) is 8.57. The molecule has 13 nitrogen and oxygen atoms in total. The van der Waals surface area contributed by atoms with Gasteiger partial charge in [0.15, 0.2) is 11.5 Å². The molecular weight excluding hydrogens is 606 g/mol. The second kappa shape index (κ2) is 13.1. The van der Waals surface area contributed by atoms with Crippen LogP contribution in [-0.2, 0) is 6.54 Å². The van der Waals surface area contributed by atoms with Crippen LogP contribution in [0.3, 0.4) is 0 Å². The summed E-state index contributed by atoms with van der Waals surface area (Å²) >= 11 is 0. The maximum atomic E-state index is 14.4. The van der Waals surface area contributed by atoms with Crippen LogP contribution in [0, 0.1) is 11.8 Å². The molecule has 242 valence electrons. The first kappa shape index (κ1) is 30.8. The van der Waals surface area contributed by atoms with Crippen molar-refractivity contribution in [2.45, 2.75) is 38.4 Å². The smallest absolute Gasteiger partial charge is 0.267 e. The molecule has 7 rings (SSSR count). The fourth-order valence-electron chi connectivity index (χ4n) is 6.03. The van der Waals surface area contributed by atoms with E-state index >= 15 is 0 Å². The Morgan fingerprint density at radius 3 is 2.69 bits per heavy atom. The van der Waals surface area contributed by atoms with E-state index in [1.54, 1.807) is 37.6 Å². The molecule has 1 aliphatic rings. The van der Waals surface area contributed by atoms with Gasteiger partial charge in [-0.1, -0.05) is 36.1 Å². The van der Waals surface area contributed by atoms with Crippen LogP contribution in [0.1, 0.15) is 53.1 Å². The molecule has 1 aliphatic heterocycles. The zero-order chi connectivity index (χ0) is 33.2. The van der Waals surface area contributed by atoms with Gasteiger partial charge in [0, 0.05) is 36.7 Å². The molecule has 1 fully saturated rings. The molecule has 0 radical (unpaired) electrons. The summed E-state index contributed by atoms with van der Waals surface area (Å²) in [5.41, 5.74) is 14.7. The third kappa shape index (κ3) is 6.14. The zero-order valence-corrected chi connectivity index (χ0v) is 26.5. The highest BCUT2D eigenvalue weighted by molar-refractivity contribution is 6.04. The molecule has 0 spiro atoms. The molecule has 4 aromatic heterocycles. The van der Waals surface area contributed by atoms with Gasteiger partial charge in [-0.2, -0.15) is 5.10 Å². The number of amides is 1. The molecule has 2 aromatic carbocycles. The van der Waals surface area contributed by atoms with Crippen molar-refractivity contribution in [2.24, 2.45) is 5.73 Å². The Bertz CT molecular complexity index is 2240. The van der Waals surface area contributed by atoms with Crippen molar-refractivity contribution in [1.82, 2.24) is 44.1 Å². The number of hydrogen-bond donors (Lipinski definition) is 3. The lowest BCUT2D eigenvalue weighted by Crippen LogP contribution is -2.40. The molecule has 0 unspecified atom stereocenters. The summed E-state index contributed by atoms with van der Waals surface area (Å²) in [5, 5.41) is 12.0. The summed E-state index contributed by atoms with van der Waals surface area (Å²) in [7, 11) is 0. The Balaban J connectivity index is 1.20. The first-order valence-corrected chi connectivity index (χ1v) is 15.9. The van der Waals surface area contributed by atoms with Gasteiger partial charge in [-0.05, 0) is 63.2 Å². The number of carbonyl (C=O) groups excluding carboxylic acids is 1. The number of rotatable bonds is 7. The molecule has 1 amide bonds. The molecule has 1 saturated heterocycles. The highest BCUT2D eigenvalue weighted by Gasteiger charge is 2.25. The number of nitrogens with two attached hydrogens (primary N) is 2. The summed E-state index contributed by atoms with van der Waals surface area (Å²) in [4.78, 5) is 39.4.